The molecule has 3 aromatic rings. The summed E-state index contributed by atoms with van der Waals surface area (Å²) in [5.74, 6) is -0.195. The van der Waals surface area contributed by atoms with E-state index in [2.05, 4.69) is 11.0 Å². The maximum atomic E-state index is 13.2. The van der Waals surface area contributed by atoms with Crippen LogP contribution >= 0.6 is 11.3 Å². The number of amides is 1. The Morgan fingerprint density at radius 1 is 1.27 bits per heavy atom. The van der Waals surface area contributed by atoms with Crippen LogP contribution in [0.15, 0.2) is 48.5 Å². The molecule has 2 aromatic carbocycles. The summed E-state index contributed by atoms with van der Waals surface area (Å²) in [4.78, 5) is 32.5. The Hall–Kier alpha value is -3.14. The van der Waals surface area contributed by atoms with Crippen molar-refractivity contribution in [3.05, 3.63) is 69.8 Å². The van der Waals surface area contributed by atoms with E-state index in [4.69, 9.17) is 9.72 Å². The molecule has 1 saturated heterocycles. The average Bonchev–Trinajstić information content (AvgIpc) is 3.24. The largest absolute Gasteiger partial charge is 0.379 e. The normalized spacial score (nSPS) is 14.7. The molecule has 4 rings (SSSR count). The molecule has 0 unspecified atom stereocenters. The molecule has 172 valence electrons. The Balaban J connectivity index is 1.53. The van der Waals surface area contributed by atoms with Crippen LogP contribution in [0.3, 0.4) is 0 Å². The molecule has 0 radical (unpaired) electrons. The van der Waals surface area contributed by atoms with Crippen molar-refractivity contribution in [2.24, 2.45) is 0 Å². The molecule has 0 bridgehead atoms. The van der Waals surface area contributed by atoms with Gasteiger partial charge in [0.1, 0.15) is 0 Å². The van der Waals surface area contributed by atoms with Gasteiger partial charge in [0.2, 0.25) is 0 Å². The van der Waals surface area contributed by atoms with Crippen LogP contribution in [0, 0.1) is 17.0 Å². The minimum absolute atomic E-state index is 0.00601. The number of nitro groups is 1. The maximum Gasteiger partial charge on any atom is 0.270 e. The number of hydrogen-bond donors (Lipinski definition) is 0. The van der Waals surface area contributed by atoms with Crippen LogP contribution in [0.4, 0.5) is 10.8 Å². The van der Waals surface area contributed by atoms with Crippen molar-refractivity contribution in [1.29, 1.82) is 0 Å². The molecule has 1 aromatic heterocycles. The number of nitrogens with zero attached hydrogens (tertiary/aromatic N) is 4. The molecular formula is C24H26N4O4S. The summed E-state index contributed by atoms with van der Waals surface area (Å²) in [6.07, 6.45) is 3.89. The molecule has 0 aliphatic carbocycles. The number of nitro benzene ring substituents is 1. The summed E-state index contributed by atoms with van der Waals surface area (Å²) in [6, 6.07) is 12.3. The van der Waals surface area contributed by atoms with Crippen molar-refractivity contribution >= 4 is 44.4 Å². The molecule has 0 N–H and O–H groups in total. The standard InChI is InChI=1S/C24H26N4O4S/c1-18-6-8-21-22(16-18)33-24(25-21)27(11-3-10-26-12-14-32-15-13-26)23(29)9-7-19-4-2-5-20(17-19)28(30)31/h2,4-9,16-17H,3,10-15H2,1H3/b9-7+. The number of aromatic nitrogens is 1. The van der Waals surface area contributed by atoms with Gasteiger partial charge in [0.05, 0.1) is 28.4 Å². The quantitative estimate of drug-likeness (QED) is 0.280. The number of anilines is 1. The van der Waals surface area contributed by atoms with Crippen LogP contribution in [0.25, 0.3) is 16.3 Å². The second-order valence-electron chi connectivity index (χ2n) is 7.95. The molecule has 0 atom stereocenters. The van der Waals surface area contributed by atoms with E-state index in [1.54, 1.807) is 23.1 Å². The van der Waals surface area contributed by atoms with Gasteiger partial charge in [0, 0.05) is 44.4 Å². The SMILES string of the molecule is Cc1ccc2nc(N(CCCN3CCOCC3)C(=O)/C=C/c3cccc([N+](=O)[O-])c3)sc2c1. The molecule has 9 heteroatoms. The highest BCUT2D eigenvalue weighted by Gasteiger charge is 2.19. The molecular weight excluding hydrogens is 440 g/mol. The van der Waals surface area contributed by atoms with E-state index in [0.717, 1.165) is 55.0 Å². The minimum atomic E-state index is -0.444. The van der Waals surface area contributed by atoms with Gasteiger partial charge in [-0.2, -0.15) is 0 Å². The van der Waals surface area contributed by atoms with Crippen molar-refractivity contribution in [3.8, 4) is 0 Å². The van der Waals surface area contributed by atoms with Crippen LogP contribution < -0.4 is 4.90 Å². The van der Waals surface area contributed by atoms with Crippen LogP contribution in [0.5, 0.6) is 0 Å². The lowest BCUT2D eigenvalue weighted by Gasteiger charge is -2.27. The highest BCUT2D eigenvalue weighted by Crippen LogP contribution is 2.30. The first-order chi connectivity index (χ1) is 16.0. The molecule has 0 spiro atoms. The van der Waals surface area contributed by atoms with Gasteiger partial charge in [-0.05, 0) is 42.7 Å². The van der Waals surface area contributed by atoms with Crippen LogP contribution in [0.2, 0.25) is 0 Å². The molecule has 2 heterocycles. The van der Waals surface area contributed by atoms with E-state index < -0.39 is 4.92 Å². The summed E-state index contributed by atoms with van der Waals surface area (Å²) in [5.41, 5.74) is 2.61. The predicted molar refractivity (Wildman–Crippen MR) is 131 cm³/mol. The van der Waals surface area contributed by atoms with Gasteiger partial charge in [-0.25, -0.2) is 4.98 Å². The Morgan fingerprint density at radius 2 is 2.09 bits per heavy atom. The first-order valence-electron chi connectivity index (χ1n) is 10.9. The second-order valence-corrected chi connectivity index (χ2v) is 8.96. The van der Waals surface area contributed by atoms with E-state index in [9.17, 15) is 14.9 Å². The Labute approximate surface area is 196 Å². The molecule has 1 fully saturated rings. The van der Waals surface area contributed by atoms with E-state index in [1.807, 2.05) is 19.1 Å². The number of aryl methyl sites for hydroxylation is 1. The molecule has 1 aliphatic rings. The number of benzene rings is 2. The fourth-order valence-corrected chi connectivity index (χ4v) is 4.81. The summed E-state index contributed by atoms with van der Waals surface area (Å²) >= 11 is 1.50. The van der Waals surface area contributed by atoms with Crippen LogP contribution in [-0.2, 0) is 9.53 Å². The third kappa shape index (κ3) is 6.01. The number of hydrogen-bond acceptors (Lipinski definition) is 7. The van der Waals surface area contributed by atoms with E-state index in [1.165, 1.54) is 29.5 Å². The van der Waals surface area contributed by atoms with Crippen molar-refractivity contribution in [2.45, 2.75) is 13.3 Å². The van der Waals surface area contributed by atoms with Gasteiger partial charge in [-0.1, -0.05) is 29.5 Å². The molecule has 0 saturated carbocycles. The summed E-state index contributed by atoms with van der Waals surface area (Å²) in [5, 5.41) is 11.7. The highest BCUT2D eigenvalue weighted by molar-refractivity contribution is 7.22. The zero-order chi connectivity index (χ0) is 23.2. The smallest absolute Gasteiger partial charge is 0.270 e. The van der Waals surface area contributed by atoms with Gasteiger partial charge in [0.25, 0.3) is 11.6 Å². The third-order valence-electron chi connectivity index (χ3n) is 5.49. The first-order valence-corrected chi connectivity index (χ1v) is 11.7. The minimum Gasteiger partial charge on any atom is -0.379 e. The number of rotatable bonds is 8. The third-order valence-corrected chi connectivity index (χ3v) is 6.53. The Kier molecular flexibility index (Phi) is 7.43. The van der Waals surface area contributed by atoms with E-state index in [-0.39, 0.29) is 11.6 Å². The Morgan fingerprint density at radius 3 is 2.88 bits per heavy atom. The fourth-order valence-electron chi connectivity index (χ4n) is 3.71. The fraction of sp³-hybridized carbons (Fsp3) is 0.333. The lowest BCUT2D eigenvalue weighted by atomic mass is 10.2. The Bertz CT molecular complexity index is 1170. The first kappa shape index (κ1) is 23.0. The average molecular weight is 467 g/mol. The predicted octanol–water partition coefficient (Wildman–Crippen LogP) is 4.28. The number of fused-ring (bicyclic) bond motifs is 1. The number of ether oxygens (including phenoxy) is 1. The van der Waals surface area contributed by atoms with Gasteiger partial charge >= 0.3 is 0 Å². The van der Waals surface area contributed by atoms with Crippen LogP contribution in [-0.4, -0.2) is 60.1 Å². The number of thiazole rings is 1. The number of carbonyl (C=O) groups excluding carboxylic acids is 1. The van der Waals surface area contributed by atoms with Crippen molar-refractivity contribution in [2.75, 3.05) is 44.3 Å². The zero-order valence-corrected chi connectivity index (χ0v) is 19.3. The topological polar surface area (TPSA) is 88.8 Å². The molecule has 8 nitrogen and oxygen atoms in total. The van der Waals surface area contributed by atoms with Crippen molar-refractivity contribution in [3.63, 3.8) is 0 Å². The summed E-state index contributed by atoms with van der Waals surface area (Å²) in [7, 11) is 0. The number of non-ortho nitro benzene ring substituents is 1. The van der Waals surface area contributed by atoms with Gasteiger partial charge in [-0.3, -0.25) is 24.7 Å². The lowest BCUT2D eigenvalue weighted by molar-refractivity contribution is -0.384. The molecule has 1 aliphatic heterocycles. The van der Waals surface area contributed by atoms with Crippen LogP contribution in [0.1, 0.15) is 17.5 Å². The van der Waals surface area contributed by atoms with E-state index in [0.29, 0.717) is 17.2 Å². The molecule has 1 amide bonds. The second kappa shape index (κ2) is 10.7. The highest BCUT2D eigenvalue weighted by atomic mass is 32.1. The summed E-state index contributed by atoms with van der Waals surface area (Å²) < 4.78 is 6.45. The van der Waals surface area contributed by atoms with Crippen molar-refractivity contribution < 1.29 is 14.5 Å². The van der Waals surface area contributed by atoms with Gasteiger partial charge in [0.15, 0.2) is 5.13 Å². The molecule has 33 heavy (non-hydrogen) atoms. The van der Waals surface area contributed by atoms with Gasteiger partial charge in [-0.15, -0.1) is 0 Å². The van der Waals surface area contributed by atoms with E-state index >= 15 is 0 Å². The zero-order valence-electron chi connectivity index (χ0n) is 18.5. The summed E-state index contributed by atoms with van der Waals surface area (Å²) in [6.45, 7) is 6.74. The number of morpholine rings is 1. The lowest BCUT2D eigenvalue weighted by Crippen LogP contribution is -2.39. The number of carbonyl (C=O) groups is 1. The monoisotopic (exact) mass is 466 g/mol. The maximum absolute atomic E-state index is 13.2. The van der Waals surface area contributed by atoms with Gasteiger partial charge < -0.3 is 4.74 Å². The van der Waals surface area contributed by atoms with Crippen molar-refractivity contribution in [1.82, 2.24) is 9.88 Å².